The summed E-state index contributed by atoms with van der Waals surface area (Å²) in [5.74, 6) is 0.829. The second-order valence-corrected chi connectivity index (χ2v) is 7.83. The van der Waals surface area contributed by atoms with Gasteiger partial charge in [0.05, 0.1) is 5.84 Å². The molecule has 2 nitrogen and oxygen atoms in total. The van der Waals surface area contributed by atoms with E-state index in [1.54, 1.807) is 0 Å². The highest BCUT2D eigenvalue weighted by atomic mass is 14.9. The number of amidine groups is 1. The maximum absolute atomic E-state index is 6.01. The van der Waals surface area contributed by atoms with Crippen LogP contribution in [0, 0.1) is 16.2 Å². The summed E-state index contributed by atoms with van der Waals surface area (Å²) in [4.78, 5) is 4.55. The van der Waals surface area contributed by atoms with Crippen LogP contribution >= 0.6 is 0 Å². The molecule has 1 aliphatic heterocycles. The highest BCUT2D eigenvalue weighted by molar-refractivity contribution is 5.81. The fourth-order valence-corrected chi connectivity index (χ4v) is 3.63. The molecular weight excluding hydrogens is 196 g/mol. The summed E-state index contributed by atoms with van der Waals surface area (Å²) in [6.45, 7) is 14.8. The van der Waals surface area contributed by atoms with E-state index in [0.717, 1.165) is 18.8 Å². The molecule has 2 heteroatoms. The van der Waals surface area contributed by atoms with Crippen molar-refractivity contribution in [2.75, 3.05) is 6.54 Å². The molecule has 94 valence electrons. The SMILES string of the molecule is CC1(C)CN=C(N)CC(C)(C)CC(C)(C)C1. The van der Waals surface area contributed by atoms with Crippen LogP contribution in [-0.2, 0) is 0 Å². The molecule has 0 radical (unpaired) electrons. The molecule has 0 bridgehead atoms. The second-order valence-electron chi connectivity index (χ2n) is 7.83. The molecule has 0 fully saturated rings. The van der Waals surface area contributed by atoms with Crippen LogP contribution in [0.5, 0.6) is 0 Å². The van der Waals surface area contributed by atoms with Crippen molar-refractivity contribution in [3.63, 3.8) is 0 Å². The van der Waals surface area contributed by atoms with Gasteiger partial charge in [0.2, 0.25) is 0 Å². The van der Waals surface area contributed by atoms with Crippen molar-refractivity contribution >= 4 is 5.84 Å². The van der Waals surface area contributed by atoms with Gasteiger partial charge >= 0.3 is 0 Å². The lowest BCUT2D eigenvalue weighted by Crippen LogP contribution is -2.29. The molecular formula is C14H28N2. The Morgan fingerprint density at radius 2 is 1.38 bits per heavy atom. The van der Waals surface area contributed by atoms with Crippen molar-refractivity contribution in [3.05, 3.63) is 0 Å². The minimum Gasteiger partial charge on any atom is -0.387 e. The lowest BCUT2D eigenvalue weighted by atomic mass is 9.67. The number of nitrogens with zero attached hydrogens (tertiary/aromatic N) is 1. The van der Waals surface area contributed by atoms with Gasteiger partial charge in [-0.15, -0.1) is 0 Å². The van der Waals surface area contributed by atoms with Crippen LogP contribution in [0.15, 0.2) is 4.99 Å². The molecule has 16 heavy (non-hydrogen) atoms. The predicted octanol–water partition coefficient (Wildman–Crippen LogP) is 3.61. The van der Waals surface area contributed by atoms with Gasteiger partial charge in [-0.3, -0.25) is 4.99 Å². The third kappa shape index (κ3) is 4.15. The summed E-state index contributed by atoms with van der Waals surface area (Å²) in [5.41, 5.74) is 6.90. The molecule has 0 saturated heterocycles. The van der Waals surface area contributed by atoms with E-state index in [0.29, 0.717) is 5.41 Å². The van der Waals surface area contributed by atoms with Crippen molar-refractivity contribution in [3.8, 4) is 0 Å². The molecule has 0 aliphatic carbocycles. The van der Waals surface area contributed by atoms with E-state index in [1.807, 2.05) is 0 Å². The van der Waals surface area contributed by atoms with Crippen molar-refractivity contribution < 1.29 is 0 Å². The standard InChI is InChI=1S/C14H28N2/c1-12(2)7-11(15)16-10-14(5,6)9-13(3,4)8-12/h7-10H2,1-6H3,(H2,15,16). The molecule has 1 rings (SSSR count). The molecule has 0 aromatic rings. The third-order valence-electron chi connectivity index (χ3n) is 3.28. The van der Waals surface area contributed by atoms with Crippen LogP contribution in [0.4, 0.5) is 0 Å². The molecule has 2 N–H and O–H groups in total. The normalized spacial score (nSPS) is 28.5. The molecule has 0 spiro atoms. The van der Waals surface area contributed by atoms with Crippen LogP contribution in [0.2, 0.25) is 0 Å². The van der Waals surface area contributed by atoms with Crippen LogP contribution in [-0.4, -0.2) is 12.4 Å². The van der Waals surface area contributed by atoms with Gasteiger partial charge in [-0.05, 0) is 29.1 Å². The van der Waals surface area contributed by atoms with Gasteiger partial charge in [0, 0.05) is 13.0 Å². The Hall–Kier alpha value is -0.530. The Labute approximate surface area is 101 Å². The predicted molar refractivity (Wildman–Crippen MR) is 71.7 cm³/mol. The Balaban J connectivity index is 2.97. The minimum atomic E-state index is 0.258. The molecule has 0 aromatic heterocycles. The van der Waals surface area contributed by atoms with E-state index in [2.05, 4.69) is 46.5 Å². The average molecular weight is 224 g/mol. The van der Waals surface area contributed by atoms with Gasteiger partial charge in [0.1, 0.15) is 0 Å². The Kier molecular flexibility index (Phi) is 3.42. The highest BCUT2D eigenvalue weighted by Gasteiger charge is 2.35. The van der Waals surface area contributed by atoms with Gasteiger partial charge in [0.15, 0.2) is 0 Å². The first-order valence-corrected chi connectivity index (χ1v) is 6.30. The highest BCUT2D eigenvalue weighted by Crippen LogP contribution is 2.44. The number of hydrogen-bond acceptors (Lipinski definition) is 2. The monoisotopic (exact) mass is 224 g/mol. The number of hydrogen-bond donors (Lipinski definition) is 1. The Bertz CT molecular complexity index is 285. The van der Waals surface area contributed by atoms with Crippen molar-refractivity contribution in [2.24, 2.45) is 27.0 Å². The quantitative estimate of drug-likeness (QED) is 0.670. The van der Waals surface area contributed by atoms with Gasteiger partial charge < -0.3 is 5.73 Å². The lowest BCUT2D eigenvalue weighted by molar-refractivity contribution is 0.135. The number of nitrogens with two attached hydrogens (primary N) is 1. The zero-order valence-corrected chi connectivity index (χ0v) is 11.9. The van der Waals surface area contributed by atoms with E-state index in [1.165, 1.54) is 12.8 Å². The maximum atomic E-state index is 6.01. The third-order valence-corrected chi connectivity index (χ3v) is 3.28. The summed E-state index contributed by atoms with van der Waals surface area (Å²) in [6, 6.07) is 0. The zero-order chi connectivity index (χ0) is 12.6. The minimum absolute atomic E-state index is 0.258. The van der Waals surface area contributed by atoms with E-state index >= 15 is 0 Å². The first-order chi connectivity index (χ1) is 7.02. The van der Waals surface area contributed by atoms with Gasteiger partial charge in [-0.2, -0.15) is 0 Å². The Morgan fingerprint density at radius 1 is 0.875 bits per heavy atom. The van der Waals surface area contributed by atoms with Crippen LogP contribution < -0.4 is 5.73 Å². The molecule has 1 heterocycles. The van der Waals surface area contributed by atoms with Crippen molar-refractivity contribution in [2.45, 2.75) is 60.8 Å². The summed E-state index contributed by atoms with van der Waals surface area (Å²) >= 11 is 0. The second kappa shape index (κ2) is 4.05. The van der Waals surface area contributed by atoms with E-state index in [-0.39, 0.29) is 10.8 Å². The fraction of sp³-hybridized carbons (Fsp3) is 0.929. The van der Waals surface area contributed by atoms with Gasteiger partial charge in [0.25, 0.3) is 0 Å². The van der Waals surface area contributed by atoms with Gasteiger partial charge in [-0.1, -0.05) is 41.5 Å². The summed E-state index contributed by atoms with van der Waals surface area (Å²) in [7, 11) is 0. The summed E-state index contributed by atoms with van der Waals surface area (Å²) < 4.78 is 0. The van der Waals surface area contributed by atoms with Gasteiger partial charge in [-0.25, -0.2) is 0 Å². The maximum Gasteiger partial charge on any atom is 0.0942 e. The van der Waals surface area contributed by atoms with Crippen molar-refractivity contribution in [1.82, 2.24) is 0 Å². The van der Waals surface area contributed by atoms with E-state index in [9.17, 15) is 0 Å². The molecule has 0 unspecified atom stereocenters. The average Bonchev–Trinajstić information content (AvgIpc) is 1.95. The molecule has 1 aliphatic rings. The topological polar surface area (TPSA) is 38.4 Å². The van der Waals surface area contributed by atoms with Crippen LogP contribution in [0.3, 0.4) is 0 Å². The molecule has 0 atom stereocenters. The number of aliphatic imine (C=N–C) groups is 1. The smallest absolute Gasteiger partial charge is 0.0942 e. The first-order valence-electron chi connectivity index (χ1n) is 6.30. The summed E-state index contributed by atoms with van der Waals surface area (Å²) in [5, 5.41) is 0. The molecule has 0 aromatic carbocycles. The van der Waals surface area contributed by atoms with E-state index < -0.39 is 0 Å². The van der Waals surface area contributed by atoms with Crippen LogP contribution in [0.1, 0.15) is 60.8 Å². The van der Waals surface area contributed by atoms with E-state index in [4.69, 9.17) is 5.73 Å². The molecule has 0 saturated carbocycles. The fourth-order valence-electron chi connectivity index (χ4n) is 3.63. The largest absolute Gasteiger partial charge is 0.387 e. The first kappa shape index (κ1) is 13.5. The molecule has 0 amide bonds. The van der Waals surface area contributed by atoms with Crippen LogP contribution in [0.25, 0.3) is 0 Å². The Morgan fingerprint density at radius 3 is 1.94 bits per heavy atom. The summed E-state index contributed by atoms with van der Waals surface area (Å²) in [6.07, 6.45) is 3.34. The lowest BCUT2D eigenvalue weighted by Gasteiger charge is -2.38. The number of rotatable bonds is 0. The van der Waals surface area contributed by atoms with Crippen molar-refractivity contribution in [1.29, 1.82) is 0 Å². The zero-order valence-electron chi connectivity index (χ0n) is 11.9.